The Labute approximate surface area is 188 Å². The number of piperidine rings is 1. The monoisotopic (exact) mass is 442 g/mol. The standard InChI is InChI=1S/C23H31FN6O2/c1-14(2)32-20-12-17(24)6-7-19(20)29-22-21(15(3)25-13-26-22)27-16(4)23(31)28-18-8-10-30(5)11-9-18/h6-7,12-14,18H,8-11H2,1-5H3,(H,28,31)(H,25,26,29)/b27-16+. The normalized spacial score (nSPS) is 15.7. The quantitative estimate of drug-likeness (QED) is 0.635. The van der Waals surface area contributed by atoms with E-state index in [1.54, 1.807) is 19.9 Å². The van der Waals surface area contributed by atoms with Crippen LogP contribution in [0, 0.1) is 12.7 Å². The van der Waals surface area contributed by atoms with Gasteiger partial charge >= 0.3 is 0 Å². The fourth-order valence-corrected chi connectivity index (χ4v) is 3.43. The molecule has 2 N–H and O–H groups in total. The van der Waals surface area contributed by atoms with E-state index < -0.39 is 5.82 Å². The Kier molecular flexibility index (Phi) is 7.74. The van der Waals surface area contributed by atoms with Gasteiger partial charge in [-0.15, -0.1) is 0 Å². The number of rotatable bonds is 7. The van der Waals surface area contributed by atoms with E-state index in [0.717, 1.165) is 25.9 Å². The maximum absolute atomic E-state index is 13.8. The molecule has 1 amide bonds. The van der Waals surface area contributed by atoms with Gasteiger partial charge < -0.3 is 20.3 Å². The second-order valence-corrected chi connectivity index (χ2v) is 8.34. The van der Waals surface area contributed by atoms with Crippen LogP contribution in [0.5, 0.6) is 5.75 Å². The lowest BCUT2D eigenvalue weighted by atomic mass is 10.1. The second kappa shape index (κ2) is 10.5. The van der Waals surface area contributed by atoms with Crippen molar-refractivity contribution in [3.63, 3.8) is 0 Å². The molecule has 172 valence electrons. The topological polar surface area (TPSA) is 91.7 Å². The van der Waals surface area contributed by atoms with Gasteiger partial charge in [0, 0.05) is 12.1 Å². The number of benzene rings is 1. The minimum Gasteiger partial charge on any atom is -0.489 e. The van der Waals surface area contributed by atoms with Crippen molar-refractivity contribution in [2.45, 2.75) is 52.7 Å². The van der Waals surface area contributed by atoms with Gasteiger partial charge in [-0.05, 0) is 72.8 Å². The van der Waals surface area contributed by atoms with E-state index >= 15 is 0 Å². The first-order valence-electron chi connectivity index (χ1n) is 10.8. The summed E-state index contributed by atoms with van der Waals surface area (Å²) >= 11 is 0. The predicted molar refractivity (Wildman–Crippen MR) is 124 cm³/mol. The molecular formula is C23H31FN6O2. The number of halogens is 1. The van der Waals surface area contributed by atoms with Crippen molar-refractivity contribution in [2.24, 2.45) is 4.99 Å². The number of aryl methyl sites for hydroxylation is 1. The number of hydrogen-bond donors (Lipinski definition) is 2. The van der Waals surface area contributed by atoms with Crippen molar-refractivity contribution in [2.75, 3.05) is 25.5 Å². The molecule has 0 bridgehead atoms. The molecule has 1 saturated heterocycles. The van der Waals surface area contributed by atoms with Crippen LogP contribution in [0.1, 0.15) is 39.3 Å². The molecule has 2 heterocycles. The van der Waals surface area contributed by atoms with E-state index in [2.05, 4.69) is 37.5 Å². The van der Waals surface area contributed by atoms with Crippen molar-refractivity contribution < 1.29 is 13.9 Å². The first kappa shape index (κ1) is 23.6. The van der Waals surface area contributed by atoms with E-state index in [1.165, 1.54) is 18.5 Å². The Balaban J connectivity index is 1.83. The third kappa shape index (κ3) is 6.23. The molecule has 1 aromatic carbocycles. The maximum atomic E-state index is 13.8. The summed E-state index contributed by atoms with van der Waals surface area (Å²) in [6.07, 6.45) is 3.11. The molecule has 8 nitrogen and oxygen atoms in total. The van der Waals surface area contributed by atoms with Crippen LogP contribution in [-0.4, -0.2) is 58.8 Å². The number of amides is 1. The first-order chi connectivity index (χ1) is 15.2. The van der Waals surface area contributed by atoms with Crippen LogP contribution >= 0.6 is 0 Å². The lowest BCUT2D eigenvalue weighted by Crippen LogP contribution is -2.45. The van der Waals surface area contributed by atoms with E-state index in [-0.39, 0.29) is 18.1 Å². The SMILES string of the molecule is C/C(=N\c1c(C)ncnc1Nc1ccc(F)cc1OC(C)C)C(=O)NC1CCN(C)CC1. The van der Waals surface area contributed by atoms with Crippen molar-refractivity contribution in [3.8, 4) is 5.75 Å². The van der Waals surface area contributed by atoms with Crippen LogP contribution in [0.4, 0.5) is 21.6 Å². The fourth-order valence-electron chi connectivity index (χ4n) is 3.43. The van der Waals surface area contributed by atoms with E-state index in [4.69, 9.17) is 4.74 Å². The smallest absolute Gasteiger partial charge is 0.265 e. The third-order valence-electron chi connectivity index (χ3n) is 5.23. The molecule has 0 spiro atoms. The minimum atomic E-state index is -0.398. The molecule has 1 aliphatic heterocycles. The average molecular weight is 443 g/mol. The first-order valence-corrected chi connectivity index (χ1v) is 10.8. The second-order valence-electron chi connectivity index (χ2n) is 8.34. The van der Waals surface area contributed by atoms with E-state index in [9.17, 15) is 9.18 Å². The van der Waals surface area contributed by atoms with Crippen LogP contribution in [0.2, 0.25) is 0 Å². The van der Waals surface area contributed by atoms with Gasteiger partial charge in [0.2, 0.25) is 0 Å². The molecule has 1 aromatic heterocycles. The number of carbonyl (C=O) groups excluding carboxylic acids is 1. The number of nitrogens with one attached hydrogen (secondary N) is 2. The number of aliphatic imine (C=N–C) groups is 1. The molecule has 9 heteroatoms. The molecule has 3 rings (SSSR count). The molecule has 2 aromatic rings. The molecule has 0 aliphatic carbocycles. The molecule has 1 fully saturated rings. The molecule has 1 aliphatic rings. The molecule has 0 unspecified atom stereocenters. The van der Waals surface area contributed by atoms with Gasteiger partial charge in [0.25, 0.3) is 5.91 Å². The highest BCUT2D eigenvalue weighted by atomic mass is 19.1. The zero-order chi connectivity index (χ0) is 23.3. The Bertz CT molecular complexity index is 986. The predicted octanol–water partition coefficient (Wildman–Crippen LogP) is 3.76. The highest BCUT2D eigenvalue weighted by molar-refractivity contribution is 6.38. The Morgan fingerprint density at radius 1 is 1.28 bits per heavy atom. The minimum absolute atomic E-state index is 0.132. The number of ether oxygens (including phenoxy) is 1. The number of nitrogens with zero attached hydrogens (tertiary/aromatic N) is 4. The fraction of sp³-hybridized carbons (Fsp3) is 0.478. The van der Waals surface area contributed by atoms with Crippen LogP contribution in [-0.2, 0) is 4.79 Å². The Hall–Kier alpha value is -3.07. The highest BCUT2D eigenvalue weighted by Crippen LogP contribution is 2.33. The van der Waals surface area contributed by atoms with Gasteiger partial charge in [-0.25, -0.2) is 19.4 Å². The van der Waals surface area contributed by atoms with Crippen LogP contribution in [0.25, 0.3) is 0 Å². The zero-order valence-corrected chi connectivity index (χ0v) is 19.3. The highest BCUT2D eigenvalue weighted by Gasteiger charge is 2.20. The van der Waals surface area contributed by atoms with Gasteiger partial charge in [0.1, 0.15) is 29.3 Å². The average Bonchev–Trinajstić information content (AvgIpc) is 2.73. The maximum Gasteiger partial charge on any atom is 0.265 e. The molecular weight excluding hydrogens is 411 g/mol. The van der Waals surface area contributed by atoms with Gasteiger partial charge in [-0.2, -0.15) is 0 Å². The number of aromatic nitrogens is 2. The summed E-state index contributed by atoms with van der Waals surface area (Å²) in [6.45, 7) is 9.12. The number of hydrogen-bond acceptors (Lipinski definition) is 7. The summed E-state index contributed by atoms with van der Waals surface area (Å²) in [4.78, 5) is 28.0. The molecule has 32 heavy (non-hydrogen) atoms. The lowest BCUT2D eigenvalue weighted by Gasteiger charge is -2.29. The summed E-state index contributed by atoms with van der Waals surface area (Å²) in [5.74, 6) is 0.163. The van der Waals surface area contributed by atoms with Gasteiger partial charge in [-0.1, -0.05) is 0 Å². The summed E-state index contributed by atoms with van der Waals surface area (Å²) in [7, 11) is 2.08. The van der Waals surface area contributed by atoms with E-state index in [1.807, 2.05) is 13.8 Å². The molecule has 0 saturated carbocycles. The summed E-state index contributed by atoms with van der Waals surface area (Å²) in [5, 5.41) is 6.22. The van der Waals surface area contributed by atoms with Crippen LogP contribution in [0.15, 0.2) is 29.5 Å². The Morgan fingerprint density at radius 3 is 2.69 bits per heavy atom. The van der Waals surface area contributed by atoms with Crippen LogP contribution in [0.3, 0.4) is 0 Å². The number of carbonyl (C=O) groups is 1. The third-order valence-corrected chi connectivity index (χ3v) is 5.23. The van der Waals surface area contributed by atoms with Gasteiger partial charge in [0.15, 0.2) is 5.82 Å². The largest absolute Gasteiger partial charge is 0.489 e. The molecule has 0 radical (unpaired) electrons. The lowest BCUT2D eigenvalue weighted by molar-refractivity contribution is -0.115. The summed E-state index contributed by atoms with van der Waals surface area (Å²) in [6, 6.07) is 4.38. The molecule has 0 atom stereocenters. The van der Waals surface area contributed by atoms with Crippen molar-refractivity contribution in [3.05, 3.63) is 36.0 Å². The number of likely N-dealkylation sites (tertiary alicyclic amines) is 1. The van der Waals surface area contributed by atoms with Crippen molar-refractivity contribution in [1.82, 2.24) is 20.2 Å². The summed E-state index contributed by atoms with van der Waals surface area (Å²) in [5.41, 5.74) is 1.93. The van der Waals surface area contributed by atoms with E-state index in [0.29, 0.717) is 34.3 Å². The van der Waals surface area contributed by atoms with Crippen molar-refractivity contribution in [1.29, 1.82) is 0 Å². The zero-order valence-electron chi connectivity index (χ0n) is 19.3. The van der Waals surface area contributed by atoms with Crippen molar-refractivity contribution >= 4 is 28.8 Å². The Morgan fingerprint density at radius 2 is 2.00 bits per heavy atom. The van der Waals surface area contributed by atoms with Crippen LogP contribution < -0.4 is 15.4 Å². The summed E-state index contributed by atoms with van der Waals surface area (Å²) < 4.78 is 19.5. The van der Waals surface area contributed by atoms with Gasteiger partial charge in [-0.3, -0.25) is 4.79 Å². The van der Waals surface area contributed by atoms with Gasteiger partial charge in [0.05, 0.1) is 17.5 Å². The number of anilines is 2.